The first-order valence-corrected chi connectivity index (χ1v) is 7.18. The Morgan fingerprint density at radius 2 is 2.00 bits per heavy atom. The smallest absolute Gasteiger partial charge is 0.165 e. The molecule has 3 heterocycles. The minimum Gasteiger partial charge on any atom is -0.382 e. The third kappa shape index (κ3) is 2.46. The Bertz CT molecular complexity index is 739. The molecule has 110 valence electrons. The third-order valence-electron chi connectivity index (χ3n) is 3.74. The van der Waals surface area contributed by atoms with Crippen LogP contribution in [0.15, 0.2) is 24.9 Å². The molecule has 3 aromatic heterocycles. The van der Waals surface area contributed by atoms with Gasteiger partial charge in [0.05, 0.1) is 24.6 Å². The van der Waals surface area contributed by atoms with Crippen molar-refractivity contribution in [2.45, 2.75) is 39.3 Å². The SMILES string of the molecule is CCC(CC)n1ccc(Cn2cnc3c(N)ncnc32)n1. The van der Waals surface area contributed by atoms with Gasteiger partial charge in [-0.2, -0.15) is 5.10 Å². The third-order valence-corrected chi connectivity index (χ3v) is 3.74. The fraction of sp³-hybridized carbons (Fsp3) is 0.429. The summed E-state index contributed by atoms with van der Waals surface area (Å²) < 4.78 is 3.98. The lowest BCUT2D eigenvalue weighted by molar-refractivity contribution is 0.424. The molecule has 0 aliphatic heterocycles. The molecule has 0 radical (unpaired) electrons. The summed E-state index contributed by atoms with van der Waals surface area (Å²) in [6.07, 6.45) is 7.38. The summed E-state index contributed by atoms with van der Waals surface area (Å²) in [7, 11) is 0. The molecule has 0 saturated heterocycles. The average Bonchev–Trinajstić information content (AvgIpc) is 3.10. The summed E-state index contributed by atoms with van der Waals surface area (Å²) in [6.45, 7) is 4.98. The van der Waals surface area contributed by atoms with E-state index in [0.717, 1.165) is 24.2 Å². The van der Waals surface area contributed by atoms with Gasteiger partial charge >= 0.3 is 0 Å². The largest absolute Gasteiger partial charge is 0.382 e. The number of hydrogen-bond donors (Lipinski definition) is 1. The van der Waals surface area contributed by atoms with Crippen LogP contribution in [0.2, 0.25) is 0 Å². The molecule has 0 unspecified atom stereocenters. The Labute approximate surface area is 122 Å². The highest BCUT2D eigenvalue weighted by Crippen LogP contribution is 2.17. The molecule has 0 aliphatic carbocycles. The van der Waals surface area contributed by atoms with Crippen molar-refractivity contribution in [3.63, 3.8) is 0 Å². The summed E-state index contributed by atoms with van der Waals surface area (Å²) in [5.41, 5.74) is 8.15. The van der Waals surface area contributed by atoms with Crippen molar-refractivity contribution in [2.24, 2.45) is 0 Å². The van der Waals surface area contributed by atoms with Gasteiger partial charge in [0.2, 0.25) is 0 Å². The molecule has 7 heteroatoms. The average molecular weight is 285 g/mol. The quantitative estimate of drug-likeness (QED) is 0.774. The van der Waals surface area contributed by atoms with Crippen LogP contribution in [0.4, 0.5) is 5.82 Å². The van der Waals surface area contributed by atoms with Crippen LogP contribution in [-0.4, -0.2) is 29.3 Å². The number of anilines is 1. The van der Waals surface area contributed by atoms with Gasteiger partial charge in [-0.15, -0.1) is 0 Å². The molecule has 0 bridgehead atoms. The normalized spacial score (nSPS) is 11.6. The topological polar surface area (TPSA) is 87.4 Å². The van der Waals surface area contributed by atoms with Gasteiger partial charge in [0, 0.05) is 6.20 Å². The first-order chi connectivity index (χ1) is 10.2. The minimum absolute atomic E-state index is 0.404. The molecule has 3 rings (SSSR count). The summed E-state index contributed by atoms with van der Waals surface area (Å²) >= 11 is 0. The van der Waals surface area contributed by atoms with E-state index in [1.54, 1.807) is 6.33 Å². The van der Waals surface area contributed by atoms with Gasteiger partial charge in [-0.25, -0.2) is 15.0 Å². The summed E-state index contributed by atoms with van der Waals surface area (Å²) in [6, 6.07) is 2.49. The predicted octanol–water partition coefficient (Wildman–Crippen LogP) is 2.01. The number of fused-ring (bicyclic) bond motifs is 1. The summed E-state index contributed by atoms with van der Waals surface area (Å²) in [5, 5.41) is 4.65. The van der Waals surface area contributed by atoms with Crippen LogP contribution in [-0.2, 0) is 6.54 Å². The van der Waals surface area contributed by atoms with E-state index in [0.29, 0.717) is 23.9 Å². The van der Waals surface area contributed by atoms with Gasteiger partial charge in [0.15, 0.2) is 11.5 Å². The van der Waals surface area contributed by atoms with Crippen molar-refractivity contribution >= 4 is 17.0 Å². The number of hydrogen-bond acceptors (Lipinski definition) is 5. The molecule has 0 amide bonds. The Morgan fingerprint density at radius 1 is 1.19 bits per heavy atom. The Morgan fingerprint density at radius 3 is 2.76 bits per heavy atom. The van der Waals surface area contributed by atoms with Gasteiger partial charge in [-0.1, -0.05) is 13.8 Å². The highest BCUT2D eigenvalue weighted by Gasteiger charge is 2.11. The number of nitrogens with zero attached hydrogens (tertiary/aromatic N) is 6. The number of rotatable bonds is 5. The molecule has 0 spiro atoms. The van der Waals surface area contributed by atoms with E-state index < -0.39 is 0 Å². The van der Waals surface area contributed by atoms with E-state index in [2.05, 4.69) is 33.9 Å². The second kappa shape index (κ2) is 5.51. The lowest BCUT2D eigenvalue weighted by Crippen LogP contribution is -2.09. The van der Waals surface area contributed by atoms with Crippen molar-refractivity contribution in [2.75, 3.05) is 5.73 Å². The van der Waals surface area contributed by atoms with Gasteiger partial charge < -0.3 is 10.3 Å². The lowest BCUT2D eigenvalue weighted by atomic mass is 10.2. The molecule has 3 aromatic rings. The van der Waals surface area contributed by atoms with E-state index in [1.807, 2.05) is 21.5 Å². The number of nitrogens with two attached hydrogens (primary N) is 1. The van der Waals surface area contributed by atoms with Gasteiger partial charge in [-0.05, 0) is 18.9 Å². The first kappa shape index (κ1) is 13.5. The zero-order chi connectivity index (χ0) is 14.8. The molecule has 0 aromatic carbocycles. The van der Waals surface area contributed by atoms with Gasteiger partial charge in [-0.3, -0.25) is 4.68 Å². The predicted molar refractivity (Wildman–Crippen MR) is 80.7 cm³/mol. The molecular formula is C14H19N7. The van der Waals surface area contributed by atoms with E-state index >= 15 is 0 Å². The molecule has 0 saturated carbocycles. The van der Waals surface area contributed by atoms with E-state index in [4.69, 9.17) is 5.73 Å². The van der Waals surface area contributed by atoms with E-state index in [1.165, 1.54) is 6.33 Å². The number of imidazole rings is 1. The van der Waals surface area contributed by atoms with E-state index in [-0.39, 0.29) is 0 Å². The Kier molecular flexibility index (Phi) is 3.55. The molecule has 7 nitrogen and oxygen atoms in total. The zero-order valence-corrected chi connectivity index (χ0v) is 12.3. The van der Waals surface area contributed by atoms with Crippen LogP contribution < -0.4 is 5.73 Å². The maximum Gasteiger partial charge on any atom is 0.165 e. The highest BCUT2D eigenvalue weighted by molar-refractivity contribution is 5.81. The summed E-state index contributed by atoms with van der Waals surface area (Å²) in [4.78, 5) is 12.5. The number of aromatic nitrogens is 6. The van der Waals surface area contributed by atoms with Crippen molar-refractivity contribution in [1.82, 2.24) is 29.3 Å². The first-order valence-electron chi connectivity index (χ1n) is 7.18. The van der Waals surface area contributed by atoms with Gasteiger partial charge in [0.1, 0.15) is 11.8 Å². The second-order valence-electron chi connectivity index (χ2n) is 5.06. The molecule has 0 fully saturated rings. The van der Waals surface area contributed by atoms with Crippen molar-refractivity contribution in [3.05, 3.63) is 30.6 Å². The van der Waals surface area contributed by atoms with Crippen molar-refractivity contribution in [3.8, 4) is 0 Å². The molecule has 0 aliphatic rings. The van der Waals surface area contributed by atoms with Crippen LogP contribution in [0.3, 0.4) is 0 Å². The standard InChI is InChI=1S/C14H19N7/c1-3-11(4-2)21-6-5-10(19-21)7-20-9-18-12-13(15)16-8-17-14(12)20/h5-6,8-9,11H,3-4,7H2,1-2H3,(H2,15,16,17). The number of nitrogen functional groups attached to an aromatic ring is 1. The fourth-order valence-electron chi connectivity index (χ4n) is 2.52. The van der Waals surface area contributed by atoms with Crippen LogP contribution in [0, 0.1) is 0 Å². The second-order valence-corrected chi connectivity index (χ2v) is 5.06. The molecular weight excluding hydrogens is 266 g/mol. The van der Waals surface area contributed by atoms with E-state index in [9.17, 15) is 0 Å². The molecule has 0 atom stereocenters. The van der Waals surface area contributed by atoms with Crippen LogP contribution >= 0.6 is 0 Å². The molecule has 21 heavy (non-hydrogen) atoms. The van der Waals surface area contributed by atoms with Crippen LogP contribution in [0.1, 0.15) is 38.4 Å². The fourth-order valence-corrected chi connectivity index (χ4v) is 2.52. The molecule has 2 N–H and O–H groups in total. The van der Waals surface area contributed by atoms with Crippen molar-refractivity contribution < 1.29 is 0 Å². The Hall–Kier alpha value is -2.44. The summed E-state index contributed by atoms with van der Waals surface area (Å²) in [5.74, 6) is 0.404. The van der Waals surface area contributed by atoms with Crippen molar-refractivity contribution in [1.29, 1.82) is 0 Å². The maximum atomic E-state index is 5.80. The maximum absolute atomic E-state index is 5.80. The highest BCUT2D eigenvalue weighted by atomic mass is 15.3. The monoisotopic (exact) mass is 285 g/mol. The lowest BCUT2D eigenvalue weighted by Gasteiger charge is -2.12. The van der Waals surface area contributed by atoms with Gasteiger partial charge in [0.25, 0.3) is 0 Å². The zero-order valence-electron chi connectivity index (χ0n) is 12.3. The van der Waals surface area contributed by atoms with Crippen LogP contribution in [0.25, 0.3) is 11.2 Å². The Balaban J connectivity index is 1.87. The van der Waals surface area contributed by atoms with Crippen LogP contribution in [0.5, 0.6) is 0 Å². The minimum atomic E-state index is 0.404.